The predicted octanol–water partition coefficient (Wildman–Crippen LogP) is 3.61. The molecular weight excluding hydrogens is 188 g/mol. The highest BCUT2D eigenvalue weighted by atomic mass is 16.5. The van der Waals surface area contributed by atoms with E-state index in [4.69, 9.17) is 9.47 Å². The fourth-order valence-corrected chi connectivity index (χ4v) is 1.37. The van der Waals surface area contributed by atoms with Crippen LogP contribution in [0.1, 0.15) is 38.7 Å². The second kappa shape index (κ2) is 5.64. The Kier molecular flexibility index (Phi) is 4.47. The molecule has 0 fully saturated rings. The summed E-state index contributed by atoms with van der Waals surface area (Å²) in [5.74, 6) is 2.18. The molecular formula is C13H20O2. The van der Waals surface area contributed by atoms with Gasteiger partial charge in [0.25, 0.3) is 0 Å². The number of hydrogen-bond donors (Lipinski definition) is 0. The summed E-state index contributed by atoms with van der Waals surface area (Å²) in [5.41, 5.74) is 1.27. The van der Waals surface area contributed by atoms with Crippen molar-refractivity contribution < 1.29 is 9.47 Å². The molecule has 0 atom stereocenters. The summed E-state index contributed by atoms with van der Waals surface area (Å²) in [5, 5.41) is 0. The van der Waals surface area contributed by atoms with Crippen molar-refractivity contribution in [2.45, 2.75) is 33.1 Å². The van der Waals surface area contributed by atoms with E-state index in [1.54, 1.807) is 7.11 Å². The molecule has 0 aromatic heterocycles. The fraction of sp³-hybridized carbons (Fsp3) is 0.538. The Labute approximate surface area is 92.2 Å². The van der Waals surface area contributed by atoms with Crippen molar-refractivity contribution in [3.8, 4) is 11.5 Å². The van der Waals surface area contributed by atoms with Crippen LogP contribution < -0.4 is 9.47 Å². The van der Waals surface area contributed by atoms with E-state index < -0.39 is 0 Å². The first-order chi connectivity index (χ1) is 7.19. The Bertz CT molecular complexity index is 305. The van der Waals surface area contributed by atoms with E-state index in [0.29, 0.717) is 5.92 Å². The van der Waals surface area contributed by atoms with Crippen LogP contribution in [0.25, 0.3) is 0 Å². The van der Waals surface area contributed by atoms with E-state index in [9.17, 15) is 0 Å². The molecule has 1 rings (SSSR count). The molecule has 2 nitrogen and oxygen atoms in total. The van der Waals surface area contributed by atoms with Crippen LogP contribution in [0.5, 0.6) is 11.5 Å². The van der Waals surface area contributed by atoms with Gasteiger partial charge in [0.05, 0.1) is 13.7 Å². The molecule has 0 saturated carbocycles. The van der Waals surface area contributed by atoms with Gasteiger partial charge in [0.2, 0.25) is 0 Å². The van der Waals surface area contributed by atoms with Crippen LogP contribution in [0.4, 0.5) is 0 Å². The zero-order valence-corrected chi connectivity index (χ0v) is 10.0. The van der Waals surface area contributed by atoms with Crippen LogP contribution in [0.2, 0.25) is 0 Å². The summed E-state index contributed by atoms with van der Waals surface area (Å²) < 4.78 is 10.9. The van der Waals surface area contributed by atoms with Gasteiger partial charge in [-0.1, -0.05) is 26.8 Å². The van der Waals surface area contributed by atoms with Crippen LogP contribution in [-0.4, -0.2) is 13.7 Å². The Hall–Kier alpha value is -1.18. The summed E-state index contributed by atoms with van der Waals surface area (Å²) in [6.07, 6.45) is 1.01. The largest absolute Gasteiger partial charge is 0.493 e. The predicted molar refractivity (Wildman–Crippen MR) is 62.9 cm³/mol. The Balaban J connectivity index is 2.88. The van der Waals surface area contributed by atoms with E-state index in [1.165, 1.54) is 5.56 Å². The van der Waals surface area contributed by atoms with Crippen molar-refractivity contribution in [3.05, 3.63) is 23.8 Å². The van der Waals surface area contributed by atoms with E-state index in [0.717, 1.165) is 24.5 Å². The molecule has 15 heavy (non-hydrogen) atoms. The van der Waals surface area contributed by atoms with Crippen molar-refractivity contribution >= 4 is 0 Å². The first-order valence-corrected chi connectivity index (χ1v) is 5.49. The zero-order chi connectivity index (χ0) is 11.3. The topological polar surface area (TPSA) is 18.5 Å². The lowest BCUT2D eigenvalue weighted by Crippen LogP contribution is -1.99. The van der Waals surface area contributed by atoms with Crippen LogP contribution >= 0.6 is 0 Å². The molecule has 0 unspecified atom stereocenters. The zero-order valence-electron chi connectivity index (χ0n) is 10.0. The number of ether oxygens (including phenoxy) is 2. The normalized spacial score (nSPS) is 10.5. The van der Waals surface area contributed by atoms with Crippen molar-refractivity contribution in [1.82, 2.24) is 0 Å². The van der Waals surface area contributed by atoms with Crippen LogP contribution in [0.15, 0.2) is 18.2 Å². The fourth-order valence-electron chi connectivity index (χ4n) is 1.37. The van der Waals surface area contributed by atoms with Crippen LogP contribution in [0, 0.1) is 0 Å². The summed E-state index contributed by atoms with van der Waals surface area (Å²) >= 11 is 0. The molecule has 84 valence electrons. The van der Waals surface area contributed by atoms with Gasteiger partial charge in [-0.25, -0.2) is 0 Å². The molecule has 0 bridgehead atoms. The average molecular weight is 208 g/mol. The third-order valence-electron chi connectivity index (χ3n) is 2.32. The molecule has 0 heterocycles. The Morgan fingerprint density at radius 2 is 1.93 bits per heavy atom. The Morgan fingerprint density at radius 3 is 2.47 bits per heavy atom. The molecule has 0 aliphatic rings. The number of methoxy groups -OCH3 is 1. The molecule has 0 aliphatic heterocycles. The van der Waals surface area contributed by atoms with Crippen LogP contribution in [0.3, 0.4) is 0 Å². The third-order valence-corrected chi connectivity index (χ3v) is 2.32. The molecule has 2 heteroatoms. The van der Waals surface area contributed by atoms with E-state index in [-0.39, 0.29) is 0 Å². The highest BCUT2D eigenvalue weighted by Crippen LogP contribution is 2.30. The van der Waals surface area contributed by atoms with Gasteiger partial charge in [-0.2, -0.15) is 0 Å². The highest BCUT2D eigenvalue weighted by molar-refractivity contribution is 5.43. The van der Waals surface area contributed by atoms with Gasteiger partial charge in [-0.15, -0.1) is 0 Å². The first-order valence-electron chi connectivity index (χ1n) is 5.49. The average Bonchev–Trinajstić information content (AvgIpc) is 2.25. The van der Waals surface area contributed by atoms with Gasteiger partial charge in [0.15, 0.2) is 11.5 Å². The lowest BCUT2D eigenvalue weighted by molar-refractivity contribution is 0.294. The van der Waals surface area contributed by atoms with Crippen molar-refractivity contribution in [2.24, 2.45) is 0 Å². The summed E-state index contributed by atoms with van der Waals surface area (Å²) in [7, 11) is 1.68. The van der Waals surface area contributed by atoms with Gasteiger partial charge in [-0.3, -0.25) is 0 Å². The Morgan fingerprint density at radius 1 is 1.20 bits per heavy atom. The maximum absolute atomic E-state index is 5.59. The number of benzene rings is 1. The van der Waals surface area contributed by atoms with Gasteiger partial charge in [0, 0.05) is 0 Å². The lowest BCUT2D eigenvalue weighted by atomic mass is 10.0. The molecule has 0 aliphatic carbocycles. The van der Waals surface area contributed by atoms with E-state index >= 15 is 0 Å². The smallest absolute Gasteiger partial charge is 0.161 e. The highest BCUT2D eigenvalue weighted by Gasteiger charge is 2.07. The lowest BCUT2D eigenvalue weighted by Gasteiger charge is -2.13. The summed E-state index contributed by atoms with van der Waals surface area (Å²) in [6, 6.07) is 6.14. The van der Waals surface area contributed by atoms with Crippen molar-refractivity contribution in [3.63, 3.8) is 0 Å². The monoisotopic (exact) mass is 208 g/mol. The summed E-state index contributed by atoms with van der Waals surface area (Å²) in [6.45, 7) is 7.16. The third kappa shape index (κ3) is 3.15. The van der Waals surface area contributed by atoms with Gasteiger partial charge < -0.3 is 9.47 Å². The van der Waals surface area contributed by atoms with E-state index in [2.05, 4.69) is 32.9 Å². The molecule has 0 radical (unpaired) electrons. The summed E-state index contributed by atoms with van der Waals surface area (Å²) in [4.78, 5) is 0. The molecule has 0 amide bonds. The quantitative estimate of drug-likeness (QED) is 0.736. The maximum atomic E-state index is 5.59. The molecule has 0 spiro atoms. The maximum Gasteiger partial charge on any atom is 0.161 e. The number of hydrogen-bond acceptors (Lipinski definition) is 2. The molecule has 1 aromatic rings. The van der Waals surface area contributed by atoms with Gasteiger partial charge >= 0.3 is 0 Å². The second-order valence-corrected chi connectivity index (χ2v) is 3.91. The van der Waals surface area contributed by atoms with Crippen LogP contribution in [-0.2, 0) is 0 Å². The molecule has 0 N–H and O–H groups in total. The van der Waals surface area contributed by atoms with Gasteiger partial charge in [0.1, 0.15) is 0 Å². The molecule has 1 aromatic carbocycles. The minimum absolute atomic E-state index is 0.513. The first kappa shape index (κ1) is 11.9. The second-order valence-electron chi connectivity index (χ2n) is 3.91. The molecule has 0 saturated heterocycles. The van der Waals surface area contributed by atoms with E-state index in [1.807, 2.05) is 6.07 Å². The minimum atomic E-state index is 0.513. The SMILES string of the molecule is CCCOc1ccc(C(C)C)cc1OC. The standard InChI is InChI=1S/C13H20O2/c1-5-8-15-12-7-6-11(10(2)3)9-13(12)14-4/h6-7,9-10H,5,8H2,1-4H3. The van der Waals surface area contributed by atoms with Crippen molar-refractivity contribution in [2.75, 3.05) is 13.7 Å². The van der Waals surface area contributed by atoms with Crippen molar-refractivity contribution in [1.29, 1.82) is 0 Å². The number of rotatable bonds is 5. The minimum Gasteiger partial charge on any atom is -0.493 e. The van der Waals surface area contributed by atoms with Gasteiger partial charge in [-0.05, 0) is 30.0 Å².